The number of amidine groups is 1. The highest BCUT2D eigenvalue weighted by Gasteiger charge is 2.35. The number of oxime groups is 1. The Balaban J connectivity index is 2.74. The zero-order chi connectivity index (χ0) is 16.8. The van der Waals surface area contributed by atoms with Gasteiger partial charge >= 0.3 is 0 Å². The van der Waals surface area contributed by atoms with Crippen LogP contribution in [0.2, 0.25) is 0 Å². The van der Waals surface area contributed by atoms with E-state index in [1.165, 1.54) is 0 Å². The van der Waals surface area contributed by atoms with E-state index in [1.54, 1.807) is 6.92 Å². The van der Waals surface area contributed by atoms with Crippen LogP contribution >= 0.6 is 0 Å². The number of nitrogens with one attached hydrogen (secondary N) is 1. The highest BCUT2D eigenvalue weighted by molar-refractivity contribution is 7.84. The van der Waals surface area contributed by atoms with Crippen LogP contribution in [0.15, 0.2) is 35.5 Å². The molecule has 0 fully saturated rings. The Hall–Kier alpha value is -1.44. The lowest BCUT2D eigenvalue weighted by Crippen LogP contribution is -2.59. The third-order valence-corrected chi connectivity index (χ3v) is 4.80. The van der Waals surface area contributed by atoms with Gasteiger partial charge < -0.3 is 15.7 Å². The van der Waals surface area contributed by atoms with E-state index in [9.17, 15) is 4.21 Å². The molecule has 22 heavy (non-hydrogen) atoms. The number of benzene rings is 1. The molecular formula is C15H25N3O3S. The van der Waals surface area contributed by atoms with Crippen molar-refractivity contribution in [2.24, 2.45) is 10.9 Å². The molecule has 0 radical (unpaired) electrons. The molecule has 0 aliphatic heterocycles. The summed E-state index contributed by atoms with van der Waals surface area (Å²) in [5, 5.41) is 12.0. The van der Waals surface area contributed by atoms with Gasteiger partial charge in [0.15, 0.2) is 5.84 Å². The Morgan fingerprint density at radius 2 is 1.91 bits per heavy atom. The van der Waals surface area contributed by atoms with Crippen molar-refractivity contribution in [2.75, 3.05) is 6.61 Å². The van der Waals surface area contributed by atoms with Crippen LogP contribution in [0.5, 0.6) is 0 Å². The molecule has 1 rings (SSSR count). The molecule has 0 heterocycles. The summed E-state index contributed by atoms with van der Waals surface area (Å²) in [6.45, 7) is 7.73. The fourth-order valence-electron chi connectivity index (χ4n) is 1.57. The van der Waals surface area contributed by atoms with E-state index in [4.69, 9.17) is 15.7 Å². The van der Waals surface area contributed by atoms with Gasteiger partial charge in [0, 0.05) is 0 Å². The van der Waals surface area contributed by atoms with Gasteiger partial charge in [0.1, 0.15) is 5.54 Å². The fourth-order valence-corrected chi connectivity index (χ4v) is 2.45. The number of ether oxygens (including phenoxy) is 1. The first-order chi connectivity index (χ1) is 10.2. The van der Waals surface area contributed by atoms with E-state index in [1.807, 2.05) is 51.1 Å². The molecule has 0 aliphatic carbocycles. The van der Waals surface area contributed by atoms with Crippen molar-refractivity contribution >= 4 is 16.8 Å². The van der Waals surface area contributed by atoms with Crippen molar-refractivity contribution in [2.45, 2.75) is 44.6 Å². The first kappa shape index (κ1) is 18.6. The minimum atomic E-state index is -1.38. The van der Waals surface area contributed by atoms with Gasteiger partial charge in [0.25, 0.3) is 0 Å². The van der Waals surface area contributed by atoms with Crippen LogP contribution in [0.1, 0.15) is 33.3 Å². The highest BCUT2D eigenvalue weighted by atomic mass is 32.2. The van der Waals surface area contributed by atoms with Gasteiger partial charge in [0.2, 0.25) is 0 Å². The third-order valence-electron chi connectivity index (χ3n) is 3.05. The van der Waals surface area contributed by atoms with E-state index < -0.39 is 21.3 Å². The highest BCUT2D eigenvalue weighted by Crippen LogP contribution is 2.15. The minimum Gasteiger partial charge on any atom is -0.409 e. The number of hydrogen-bond acceptors (Lipinski definition) is 4. The first-order valence-corrected chi connectivity index (χ1v) is 8.13. The van der Waals surface area contributed by atoms with E-state index in [0.717, 1.165) is 5.56 Å². The monoisotopic (exact) mass is 327 g/mol. The molecule has 6 nitrogen and oxygen atoms in total. The summed E-state index contributed by atoms with van der Waals surface area (Å²) in [4.78, 5) is 0. The molecule has 0 amide bonds. The molecule has 0 aromatic heterocycles. The lowest BCUT2D eigenvalue weighted by molar-refractivity contribution is 0.0926. The predicted octanol–water partition coefficient (Wildman–Crippen LogP) is 1.76. The number of rotatable bonds is 7. The van der Waals surface area contributed by atoms with Gasteiger partial charge in [-0.05, 0) is 33.3 Å². The van der Waals surface area contributed by atoms with E-state index in [2.05, 4.69) is 9.88 Å². The lowest BCUT2D eigenvalue weighted by Gasteiger charge is -2.31. The molecule has 0 bridgehead atoms. The summed E-state index contributed by atoms with van der Waals surface area (Å²) in [5.41, 5.74) is 5.73. The Morgan fingerprint density at radius 3 is 2.41 bits per heavy atom. The summed E-state index contributed by atoms with van der Waals surface area (Å²) >= 11 is 0. The Morgan fingerprint density at radius 1 is 1.32 bits per heavy atom. The third kappa shape index (κ3) is 5.40. The smallest absolute Gasteiger partial charge is 0.162 e. The van der Waals surface area contributed by atoms with Crippen LogP contribution in [-0.2, 0) is 22.3 Å². The SMILES string of the molecule is CC(C)(C)[S@@](=O)N[C@@](C)(COCc1ccccc1)/C(N)=N\O. The van der Waals surface area contributed by atoms with Gasteiger partial charge in [-0.2, -0.15) is 0 Å². The van der Waals surface area contributed by atoms with Crippen molar-refractivity contribution in [1.29, 1.82) is 0 Å². The summed E-state index contributed by atoms with van der Waals surface area (Å²) < 4.78 is 20.4. The summed E-state index contributed by atoms with van der Waals surface area (Å²) in [6, 6.07) is 9.67. The molecule has 0 unspecified atom stereocenters. The zero-order valence-corrected chi connectivity index (χ0v) is 14.3. The van der Waals surface area contributed by atoms with Crippen molar-refractivity contribution < 1.29 is 14.2 Å². The van der Waals surface area contributed by atoms with Crippen LogP contribution in [0.4, 0.5) is 0 Å². The van der Waals surface area contributed by atoms with E-state index in [0.29, 0.717) is 6.61 Å². The predicted molar refractivity (Wildman–Crippen MR) is 88.9 cm³/mol. The Bertz CT molecular complexity index is 529. The Labute approximate surface area is 134 Å². The second-order valence-corrected chi connectivity index (χ2v) is 8.25. The van der Waals surface area contributed by atoms with Crippen LogP contribution in [0.25, 0.3) is 0 Å². The molecule has 0 aliphatic rings. The van der Waals surface area contributed by atoms with Crippen LogP contribution in [0, 0.1) is 0 Å². The Kier molecular flexibility index (Phi) is 6.52. The van der Waals surface area contributed by atoms with E-state index in [-0.39, 0.29) is 12.4 Å². The van der Waals surface area contributed by atoms with Crippen molar-refractivity contribution in [3.05, 3.63) is 35.9 Å². The van der Waals surface area contributed by atoms with Crippen molar-refractivity contribution in [1.82, 2.24) is 4.72 Å². The second kappa shape index (κ2) is 7.71. The van der Waals surface area contributed by atoms with E-state index >= 15 is 0 Å². The maximum atomic E-state index is 12.3. The first-order valence-electron chi connectivity index (χ1n) is 6.98. The fraction of sp³-hybridized carbons (Fsp3) is 0.533. The summed E-state index contributed by atoms with van der Waals surface area (Å²) in [5.74, 6) is -0.0711. The zero-order valence-electron chi connectivity index (χ0n) is 13.5. The van der Waals surface area contributed by atoms with Gasteiger partial charge in [-0.15, -0.1) is 0 Å². The minimum absolute atomic E-state index is 0.0711. The number of nitrogens with two attached hydrogens (primary N) is 1. The molecule has 124 valence electrons. The topological polar surface area (TPSA) is 96.9 Å². The maximum Gasteiger partial charge on any atom is 0.162 e. The summed E-state index contributed by atoms with van der Waals surface area (Å²) in [7, 11) is -1.38. The van der Waals surface area contributed by atoms with Crippen LogP contribution in [-0.4, -0.2) is 32.1 Å². The lowest BCUT2D eigenvalue weighted by atomic mass is 10.0. The standard InChI is InChI=1S/C15H25N3O3S/c1-14(2,3)22(20)18-15(4,13(16)17-19)11-21-10-12-8-6-5-7-9-12/h5-9,18-19H,10-11H2,1-4H3,(H2,16,17)/t15-,22+/m0/s1. The van der Waals surface area contributed by atoms with Gasteiger partial charge in [-0.3, -0.25) is 0 Å². The van der Waals surface area contributed by atoms with Gasteiger partial charge in [-0.25, -0.2) is 8.93 Å². The van der Waals surface area contributed by atoms with Gasteiger partial charge in [-0.1, -0.05) is 35.5 Å². The normalized spacial score (nSPS) is 17.0. The average molecular weight is 327 g/mol. The largest absolute Gasteiger partial charge is 0.409 e. The molecule has 4 N–H and O–H groups in total. The number of hydrogen-bond donors (Lipinski definition) is 3. The van der Waals surface area contributed by atoms with Crippen LogP contribution < -0.4 is 10.5 Å². The molecule has 1 aromatic carbocycles. The number of nitrogens with zero attached hydrogens (tertiary/aromatic N) is 1. The average Bonchev–Trinajstić information content (AvgIpc) is 2.46. The van der Waals surface area contributed by atoms with Gasteiger partial charge in [0.05, 0.1) is 28.9 Å². The molecule has 0 saturated heterocycles. The maximum absolute atomic E-state index is 12.3. The molecule has 7 heteroatoms. The van der Waals surface area contributed by atoms with Crippen molar-refractivity contribution in [3.8, 4) is 0 Å². The molecular weight excluding hydrogens is 302 g/mol. The molecule has 1 aromatic rings. The van der Waals surface area contributed by atoms with Crippen LogP contribution in [0.3, 0.4) is 0 Å². The molecule has 0 saturated carbocycles. The molecule has 2 atom stereocenters. The quantitative estimate of drug-likeness (QED) is 0.308. The summed E-state index contributed by atoms with van der Waals surface area (Å²) in [6.07, 6.45) is 0. The van der Waals surface area contributed by atoms with Crippen molar-refractivity contribution in [3.63, 3.8) is 0 Å². The molecule has 0 spiro atoms. The second-order valence-electron chi connectivity index (χ2n) is 6.28.